The van der Waals surface area contributed by atoms with E-state index < -0.39 is 0 Å². The number of nitrogens with one attached hydrogen (secondary N) is 2. The van der Waals surface area contributed by atoms with Crippen molar-refractivity contribution < 1.29 is 9.13 Å². The van der Waals surface area contributed by atoms with Crippen LogP contribution in [0.2, 0.25) is 5.02 Å². The summed E-state index contributed by atoms with van der Waals surface area (Å²) >= 11 is 6.49. The number of hydrogen-bond donors (Lipinski definition) is 2. The van der Waals surface area contributed by atoms with Crippen LogP contribution in [0.3, 0.4) is 0 Å². The summed E-state index contributed by atoms with van der Waals surface area (Å²) in [6, 6.07) is 29.7. The predicted molar refractivity (Wildman–Crippen MR) is 192 cm³/mol. The molecule has 0 unspecified atom stereocenters. The van der Waals surface area contributed by atoms with Gasteiger partial charge in [0.15, 0.2) is 0 Å². The highest BCUT2D eigenvalue weighted by atomic mass is 35.5. The SMILES string of the molecule is CCc1cc(OCc2cncc(C#N)c2)c(CNCc2ccc3[nH]c(C)cc3c2)cc1Cl.Fc1ccccc1-c1cccc2c1CCC2. The van der Waals surface area contributed by atoms with Crippen molar-refractivity contribution in [3.63, 3.8) is 0 Å². The minimum absolute atomic E-state index is 0.122. The summed E-state index contributed by atoms with van der Waals surface area (Å²) in [6.07, 6.45) is 7.50. The molecule has 0 saturated heterocycles. The molecule has 4 aromatic carbocycles. The third kappa shape index (κ3) is 7.77. The highest BCUT2D eigenvalue weighted by molar-refractivity contribution is 6.31. The topological polar surface area (TPSA) is 73.7 Å². The van der Waals surface area contributed by atoms with Crippen molar-refractivity contribution in [1.29, 1.82) is 5.26 Å². The van der Waals surface area contributed by atoms with Crippen LogP contribution >= 0.6 is 11.6 Å². The number of fused-ring (bicyclic) bond motifs is 2. The summed E-state index contributed by atoms with van der Waals surface area (Å²) in [7, 11) is 0. The molecule has 0 bridgehead atoms. The van der Waals surface area contributed by atoms with E-state index in [9.17, 15) is 4.39 Å². The summed E-state index contributed by atoms with van der Waals surface area (Å²) in [4.78, 5) is 7.46. The van der Waals surface area contributed by atoms with Crippen molar-refractivity contribution in [2.24, 2.45) is 0 Å². The number of aromatic nitrogens is 2. The van der Waals surface area contributed by atoms with Gasteiger partial charge in [-0.2, -0.15) is 5.26 Å². The van der Waals surface area contributed by atoms with Gasteiger partial charge in [0.05, 0.1) is 5.56 Å². The Labute approximate surface area is 286 Å². The van der Waals surface area contributed by atoms with Crippen LogP contribution in [-0.2, 0) is 39.0 Å². The quantitative estimate of drug-likeness (QED) is 0.162. The normalized spacial score (nSPS) is 11.9. The fraction of sp³-hybridized carbons (Fsp3) is 0.220. The molecule has 6 aromatic rings. The second kappa shape index (κ2) is 15.3. The summed E-state index contributed by atoms with van der Waals surface area (Å²) < 4.78 is 19.9. The fourth-order valence-corrected chi connectivity index (χ4v) is 6.62. The van der Waals surface area contributed by atoms with E-state index in [-0.39, 0.29) is 5.82 Å². The van der Waals surface area contributed by atoms with Crippen LogP contribution < -0.4 is 10.1 Å². The van der Waals surface area contributed by atoms with Gasteiger partial charge in [-0.3, -0.25) is 4.98 Å². The Kier molecular flexibility index (Phi) is 10.5. The number of H-pyrrole nitrogens is 1. The molecular formula is C41H38ClFN4O. The smallest absolute Gasteiger partial charge is 0.131 e. The highest BCUT2D eigenvalue weighted by Crippen LogP contribution is 2.33. The number of nitriles is 1. The second-order valence-electron chi connectivity index (χ2n) is 12.1. The van der Waals surface area contributed by atoms with Crippen molar-refractivity contribution >= 4 is 22.5 Å². The molecule has 0 spiro atoms. The maximum absolute atomic E-state index is 13.7. The van der Waals surface area contributed by atoms with E-state index in [2.05, 4.69) is 65.5 Å². The van der Waals surface area contributed by atoms with Crippen LogP contribution in [0.5, 0.6) is 5.75 Å². The van der Waals surface area contributed by atoms with Gasteiger partial charge in [-0.05, 0) is 108 Å². The molecule has 7 heteroatoms. The summed E-state index contributed by atoms with van der Waals surface area (Å²) in [5.74, 6) is 0.667. The average Bonchev–Trinajstić information content (AvgIpc) is 3.74. The Bertz CT molecular complexity index is 2100. The molecular weight excluding hydrogens is 619 g/mol. The van der Waals surface area contributed by atoms with Gasteiger partial charge in [-0.15, -0.1) is 0 Å². The first-order chi connectivity index (χ1) is 23.4. The largest absolute Gasteiger partial charge is 0.489 e. The van der Waals surface area contributed by atoms with E-state index in [0.29, 0.717) is 18.7 Å². The van der Waals surface area contributed by atoms with E-state index in [4.69, 9.17) is 21.6 Å². The van der Waals surface area contributed by atoms with E-state index in [0.717, 1.165) is 75.6 Å². The minimum atomic E-state index is -0.122. The minimum Gasteiger partial charge on any atom is -0.489 e. The maximum Gasteiger partial charge on any atom is 0.131 e. The van der Waals surface area contributed by atoms with E-state index >= 15 is 0 Å². The van der Waals surface area contributed by atoms with Crippen LogP contribution in [0.15, 0.2) is 97.3 Å². The molecule has 2 N–H and O–H groups in total. The zero-order valence-electron chi connectivity index (χ0n) is 27.2. The number of ether oxygens (including phenoxy) is 1. The number of halogens is 2. The second-order valence-corrected chi connectivity index (χ2v) is 12.5. The molecule has 1 aliphatic carbocycles. The zero-order chi connectivity index (χ0) is 33.5. The molecule has 2 heterocycles. The first-order valence-electron chi connectivity index (χ1n) is 16.3. The molecule has 0 fully saturated rings. The lowest BCUT2D eigenvalue weighted by Gasteiger charge is -2.15. The summed E-state index contributed by atoms with van der Waals surface area (Å²) in [5.41, 5.74) is 11.5. The van der Waals surface area contributed by atoms with Gasteiger partial charge in [0.1, 0.15) is 24.2 Å². The van der Waals surface area contributed by atoms with Gasteiger partial charge < -0.3 is 15.0 Å². The van der Waals surface area contributed by atoms with Crippen molar-refractivity contribution in [2.75, 3.05) is 0 Å². The van der Waals surface area contributed by atoms with Crippen molar-refractivity contribution in [3.8, 4) is 22.9 Å². The molecule has 48 heavy (non-hydrogen) atoms. The van der Waals surface area contributed by atoms with Crippen molar-refractivity contribution in [2.45, 2.75) is 59.2 Å². The number of rotatable bonds is 9. The first-order valence-corrected chi connectivity index (χ1v) is 16.7. The van der Waals surface area contributed by atoms with Gasteiger partial charge in [0.2, 0.25) is 0 Å². The van der Waals surface area contributed by atoms with Crippen LogP contribution in [0.4, 0.5) is 4.39 Å². The third-order valence-electron chi connectivity index (χ3n) is 8.70. The molecule has 2 aromatic heterocycles. The van der Waals surface area contributed by atoms with Crippen LogP contribution in [0.25, 0.3) is 22.0 Å². The average molecular weight is 657 g/mol. The molecule has 242 valence electrons. The number of aryl methyl sites for hydroxylation is 3. The van der Waals surface area contributed by atoms with Crippen LogP contribution in [-0.4, -0.2) is 9.97 Å². The lowest BCUT2D eigenvalue weighted by atomic mass is 9.97. The van der Waals surface area contributed by atoms with E-state index in [1.807, 2.05) is 36.4 Å². The Morgan fingerprint density at radius 3 is 2.60 bits per heavy atom. The van der Waals surface area contributed by atoms with Crippen LogP contribution in [0, 0.1) is 24.1 Å². The molecule has 0 radical (unpaired) electrons. The lowest BCUT2D eigenvalue weighted by molar-refractivity contribution is 0.301. The lowest BCUT2D eigenvalue weighted by Crippen LogP contribution is -2.14. The number of hydrogen-bond acceptors (Lipinski definition) is 4. The van der Waals surface area contributed by atoms with Gasteiger partial charge in [-0.1, -0.05) is 61.0 Å². The molecule has 0 amide bonds. The fourth-order valence-electron chi connectivity index (χ4n) is 6.30. The maximum atomic E-state index is 13.7. The molecule has 0 aliphatic heterocycles. The van der Waals surface area contributed by atoms with Crippen LogP contribution in [0.1, 0.15) is 58.0 Å². The third-order valence-corrected chi connectivity index (χ3v) is 9.05. The number of pyridine rings is 1. The number of aromatic amines is 1. The van der Waals surface area contributed by atoms with E-state index in [1.165, 1.54) is 34.6 Å². The molecule has 1 aliphatic rings. The first kappa shape index (κ1) is 33.0. The highest BCUT2D eigenvalue weighted by Gasteiger charge is 2.17. The monoisotopic (exact) mass is 656 g/mol. The Morgan fingerprint density at radius 2 is 1.77 bits per heavy atom. The van der Waals surface area contributed by atoms with Gasteiger partial charge in [0.25, 0.3) is 0 Å². The van der Waals surface area contributed by atoms with E-state index in [1.54, 1.807) is 24.5 Å². The summed E-state index contributed by atoms with van der Waals surface area (Å²) in [5, 5.41) is 14.6. The summed E-state index contributed by atoms with van der Waals surface area (Å²) in [6.45, 7) is 5.84. The molecule has 7 rings (SSSR count). The molecule has 0 saturated carbocycles. The van der Waals surface area contributed by atoms with Gasteiger partial charge in [-0.25, -0.2) is 4.39 Å². The van der Waals surface area contributed by atoms with Gasteiger partial charge in [0, 0.05) is 58.4 Å². The standard InChI is InChI=1S/C26H25ClN4O.C15H13F/c1-3-21-10-26(32-16-20-7-19(11-28)13-29-14-20)23(9-24(21)27)15-30-12-18-4-5-25-22(8-18)6-17(2)31-25;16-15-10-2-1-7-14(15)13-9-4-6-11-5-3-8-12(11)13/h4-10,13-14,30-31H,3,12,15-16H2,1-2H3;1-2,4,6-7,9-10H,3,5,8H2. The van der Waals surface area contributed by atoms with Crippen molar-refractivity contribution in [3.05, 3.63) is 153 Å². The van der Waals surface area contributed by atoms with Gasteiger partial charge >= 0.3 is 0 Å². The van der Waals surface area contributed by atoms with Crippen molar-refractivity contribution in [1.82, 2.24) is 15.3 Å². The predicted octanol–water partition coefficient (Wildman–Crippen LogP) is 9.81. The Balaban J connectivity index is 0.000000208. The number of benzene rings is 4. The zero-order valence-corrected chi connectivity index (χ0v) is 28.0. The Morgan fingerprint density at radius 1 is 0.917 bits per heavy atom. The Hall–Kier alpha value is -4.96. The number of nitrogens with zero attached hydrogens (tertiary/aromatic N) is 2. The molecule has 5 nitrogen and oxygen atoms in total. The molecule has 0 atom stereocenters.